The molecule has 25 heavy (non-hydrogen) atoms. The highest BCUT2D eigenvalue weighted by atomic mass is 16.3. The van der Waals surface area contributed by atoms with Gasteiger partial charge in [-0.05, 0) is 58.4 Å². The number of phenolic OH excluding ortho intramolecular Hbond substituents is 1. The second-order valence-electron chi connectivity index (χ2n) is 9.98. The van der Waals surface area contributed by atoms with E-state index < -0.39 is 0 Å². The molecule has 0 aliphatic carbocycles. The third-order valence-corrected chi connectivity index (χ3v) is 4.70. The first kappa shape index (κ1) is 19.5. The Balaban J connectivity index is 2.66. The molecule has 0 fully saturated rings. The zero-order valence-electron chi connectivity index (χ0n) is 17.4. The molecular formula is C23H34NO+. The van der Waals surface area contributed by atoms with Crippen molar-refractivity contribution in [1.82, 2.24) is 4.48 Å². The van der Waals surface area contributed by atoms with Crippen molar-refractivity contribution in [3.8, 4) is 16.9 Å². The molecule has 0 amide bonds. The molecule has 0 unspecified atom stereocenters. The Morgan fingerprint density at radius 3 is 1.40 bits per heavy atom. The van der Waals surface area contributed by atoms with Gasteiger partial charge in [0.2, 0.25) is 0 Å². The molecule has 0 bridgehead atoms. The minimum atomic E-state index is -0.109. The number of benzene rings is 2. The normalized spacial score (nSPS) is 13.2. The first-order chi connectivity index (χ1) is 11.2. The van der Waals surface area contributed by atoms with Gasteiger partial charge in [-0.25, -0.2) is 0 Å². The van der Waals surface area contributed by atoms with Crippen LogP contribution in [-0.2, 0) is 10.8 Å². The standard InChI is InChI=1S/C23H33NO/c1-22(2,3)19-14-17(15-20(21(19)25)23(4,5)6)16-10-12-18(13-11-16)24(7,8)9/h10-15H,1-9H3/p+1. The van der Waals surface area contributed by atoms with E-state index in [1.807, 2.05) is 0 Å². The molecule has 2 rings (SSSR count). The molecular weight excluding hydrogens is 306 g/mol. The van der Waals surface area contributed by atoms with Crippen molar-refractivity contribution in [1.29, 1.82) is 0 Å². The SMILES string of the molecule is CC(C)(C)c1cc(-c2ccc([N+](C)(C)C)cc2)cc(C(C)(C)C)c1O. The van der Waals surface area contributed by atoms with Crippen LogP contribution >= 0.6 is 0 Å². The van der Waals surface area contributed by atoms with Crippen LogP contribution in [0.5, 0.6) is 5.75 Å². The van der Waals surface area contributed by atoms with E-state index >= 15 is 0 Å². The fourth-order valence-corrected chi connectivity index (χ4v) is 3.05. The monoisotopic (exact) mass is 340 g/mol. The van der Waals surface area contributed by atoms with Gasteiger partial charge in [0.05, 0.1) is 21.1 Å². The molecule has 0 saturated heterocycles. The number of nitrogens with zero attached hydrogens (tertiary/aromatic N) is 1. The molecule has 136 valence electrons. The molecule has 0 aromatic heterocycles. The minimum absolute atomic E-state index is 0.109. The lowest BCUT2D eigenvalue weighted by Crippen LogP contribution is -2.34. The number of rotatable bonds is 2. The van der Waals surface area contributed by atoms with E-state index in [0.29, 0.717) is 5.75 Å². The zero-order chi connectivity index (χ0) is 19.2. The van der Waals surface area contributed by atoms with E-state index in [1.54, 1.807) is 0 Å². The third-order valence-electron chi connectivity index (χ3n) is 4.70. The summed E-state index contributed by atoms with van der Waals surface area (Å²) < 4.78 is 0.802. The summed E-state index contributed by atoms with van der Waals surface area (Å²) in [6.45, 7) is 12.9. The summed E-state index contributed by atoms with van der Waals surface area (Å²) in [6.07, 6.45) is 0. The van der Waals surface area contributed by atoms with Gasteiger partial charge in [0.25, 0.3) is 0 Å². The highest BCUT2D eigenvalue weighted by Crippen LogP contribution is 2.42. The first-order valence-corrected chi connectivity index (χ1v) is 9.01. The van der Waals surface area contributed by atoms with Crippen molar-refractivity contribution in [2.24, 2.45) is 0 Å². The van der Waals surface area contributed by atoms with E-state index in [1.165, 1.54) is 16.8 Å². The smallest absolute Gasteiger partial charge is 0.132 e. The third kappa shape index (κ3) is 4.24. The van der Waals surface area contributed by atoms with E-state index in [0.717, 1.165) is 15.6 Å². The Bertz CT molecular complexity index is 716. The van der Waals surface area contributed by atoms with E-state index in [4.69, 9.17) is 0 Å². The topological polar surface area (TPSA) is 20.2 Å². The van der Waals surface area contributed by atoms with Crippen LogP contribution in [0.15, 0.2) is 36.4 Å². The molecule has 0 heterocycles. The summed E-state index contributed by atoms with van der Waals surface area (Å²) in [7, 11) is 6.51. The Hall–Kier alpha value is -1.80. The van der Waals surface area contributed by atoms with Crippen molar-refractivity contribution in [2.75, 3.05) is 21.1 Å². The summed E-state index contributed by atoms with van der Waals surface area (Å²) in [5.41, 5.74) is 5.42. The van der Waals surface area contributed by atoms with Crippen LogP contribution in [0.4, 0.5) is 5.69 Å². The molecule has 2 nitrogen and oxygen atoms in total. The number of phenols is 1. The maximum Gasteiger partial charge on any atom is 0.132 e. The van der Waals surface area contributed by atoms with Crippen LogP contribution in [0.1, 0.15) is 52.7 Å². The molecule has 2 aromatic rings. The number of aromatic hydroxyl groups is 1. The van der Waals surface area contributed by atoms with Crippen LogP contribution in [0.2, 0.25) is 0 Å². The van der Waals surface area contributed by atoms with Crippen molar-refractivity contribution >= 4 is 5.69 Å². The van der Waals surface area contributed by atoms with Gasteiger partial charge in [-0.2, -0.15) is 0 Å². The van der Waals surface area contributed by atoms with Crippen LogP contribution in [0.3, 0.4) is 0 Å². The fourth-order valence-electron chi connectivity index (χ4n) is 3.05. The molecule has 2 aromatic carbocycles. The van der Waals surface area contributed by atoms with Crippen LogP contribution in [0.25, 0.3) is 11.1 Å². The number of hydrogen-bond donors (Lipinski definition) is 1. The molecule has 0 atom stereocenters. The van der Waals surface area contributed by atoms with Crippen LogP contribution < -0.4 is 4.48 Å². The van der Waals surface area contributed by atoms with Gasteiger partial charge in [0, 0.05) is 11.1 Å². The van der Waals surface area contributed by atoms with Crippen molar-refractivity contribution in [3.63, 3.8) is 0 Å². The Labute approximate surface area is 153 Å². The molecule has 0 radical (unpaired) electrons. The van der Waals surface area contributed by atoms with Gasteiger partial charge in [-0.15, -0.1) is 0 Å². The molecule has 1 N–H and O–H groups in total. The second kappa shape index (κ2) is 6.17. The van der Waals surface area contributed by atoms with Crippen molar-refractivity contribution < 1.29 is 5.11 Å². The van der Waals surface area contributed by atoms with Gasteiger partial charge < -0.3 is 5.11 Å². The first-order valence-electron chi connectivity index (χ1n) is 9.01. The predicted molar refractivity (Wildman–Crippen MR) is 111 cm³/mol. The summed E-state index contributed by atoms with van der Waals surface area (Å²) >= 11 is 0. The van der Waals surface area contributed by atoms with Crippen LogP contribution in [-0.4, -0.2) is 26.2 Å². The lowest BCUT2D eigenvalue weighted by atomic mass is 9.78. The van der Waals surface area contributed by atoms with E-state index in [-0.39, 0.29) is 10.8 Å². The maximum atomic E-state index is 10.9. The van der Waals surface area contributed by atoms with Gasteiger partial charge in [-0.1, -0.05) is 41.5 Å². The highest BCUT2D eigenvalue weighted by Gasteiger charge is 2.26. The van der Waals surface area contributed by atoms with E-state index in [2.05, 4.69) is 99.1 Å². The largest absolute Gasteiger partial charge is 0.507 e. The second-order valence-corrected chi connectivity index (χ2v) is 9.98. The molecule has 0 aliphatic rings. The zero-order valence-corrected chi connectivity index (χ0v) is 17.4. The quantitative estimate of drug-likeness (QED) is 0.680. The van der Waals surface area contributed by atoms with E-state index in [9.17, 15) is 5.11 Å². The Morgan fingerprint density at radius 2 is 1.08 bits per heavy atom. The van der Waals surface area contributed by atoms with Crippen molar-refractivity contribution in [3.05, 3.63) is 47.5 Å². The average molecular weight is 341 g/mol. The average Bonchev–Trinajstić information content (AvgIpc) is 2.44. The maximum absolute atomic E-state index is 10.9. The molecule has 0 aliphatic heterocycles. The van der Waals surface area contributed by atoms with Crippen LogP contribution in [0, 0.1) is 0 Å². The predicted octanol–water partition coefficient (Wildman–Crippen LogP) is 5.85. The Morgan fingerprint density at radius 1 is 0.680 bits per heavy atom. The lowest BCUT2D eigenvalue weighted by Gasteiger charge is -2.28. The summed E-state index contributed by atoms with van der Waals surface area (Å²) in [5.74, 6) is 0.437. The Kier molecular flexibility index (Phi) is 4.82. The van der Waals surface area contributed by atoms with Crippen molar-refractivity contribution in [2.45, 2.75) is 52.4 Å². The summed E-state index contributed by atoms with van der Waals surface area (Å²) in [5, 5.41) is 10.9. The van der Waals surface area contributed by atoms with Gasteiger partial charge in [0.1, 0.15) is 11.4 Å². The molecule has 0 spiro atoms. The lowest BCUT2D eigenvalue weighted by molar-refractivity contribution is 0.423. The van der Waals surface area contributed by atoms with Gasteiger partial charge in [0.15, 0.2) is 0 Å². The number of hydrogen-bond acceptors (Lipinski definition) is 1. The summed E-state index contributed by atoms with van der Waals surface area (Å²) in [6, 6.07) is 13.0. The fraction of sp³-hybridized carbons (Fsp3) is 0.478. The minimum Gasteiger partial charge on any atom is -0.507 e. The molecule has 0 saturated carbocycles. The van der Waals surface area contributed by atoms with Gasteiger partial charge in [-0.3, -0.25) is 4.48 Å². The molecule has 2 heteroatoms. The van der Waals surface area contributed by atoms with Gasteiger partial charge >= 0.3 is 0 Å². The highest BCUT2D eigenvalue weighted by molar-refractivity contribution is 5.70. The number of quaternary nitrogens is 1. The summed E-state index contributed by atoms with van der Waals surface area (Å²) in [4.78, 5) is 0.